The Morgan fingerprint density at radius 3 is 2.45 bits per heavy atom. The Labute approximate surface area is 136 Å². The van der Waals surface area contributed by atoms with Crippen molar-refractivity contribution in [3.63, 3.8) is 0 Å². The SMILES string of the molecule is N[C@@H]1CN(Cc2ccccc2)CC1OCc1ccc(Cl)cc1. The highest BCUT2D eigenvalue weighted by molar-refractivity contribution is 6.30. The van der Waals surface area contributed by atoms with Gasteiger partial charge in [0, 0.05) is 30.7 Å². The van der Waals surface area contributed by atoms with E-state index in [9.17, 15) is 0 Å². The molecule has 1 unspecified atom stereocenters. The molecule has 3 rings (SSSR count). The zero-order valence-corrected chi connectivity index (χ0v) is 13.2. The Morgan fingerprint density at radius 2 is 1.73 bits per heavy atom. The summed E-state index contributed by atoms with van der Waals surface area (Å²) in [5, 5.41) is 0.746. The lowest BCUT2D eigenvalue weighted by atomic mass is 10.2. The minimum absolute atomic E-state index is 0.0658. The van der Waals surface area contributed by atoms with Gasteiger partial charge in [-0.25, -0.2) is 0 Å². The molecule has 0 spiro atoms. The molecule has 3 nitrogen and oxygen atoms in total. The number of nitrogens with zero attached hydrogens (tertiary/aromatic N) is 1. The molecule has 1 aliphatic heterocycles. The fraction of sp³-hybridized carbons (Fsp3) is 0.333. The van der Waals surface area contributed by atoms with Crippen LogP contribution < -0.4 is 5.73 Å². The van der Waals surface area contributed by atoms with E-state index in [1.807, 2.05) is 30.3 Å². The molecule has 2 aromatic rings. The van der Waals surface area contributed by atoms with Crippen molar-refractivity contribution in [1.82, 2.24) is 4.90 Å². The van der Waals surface area contributed by atoms with E-state index >= 15 is 0 Å². The first-order chi connectivity index (χ1) is 10.7. The highest BCUT2D eigenvalue weighted by Crippen LogP contribution is 2.17. The summed E-state index contributed by atoms with van der Waals surface area (Å²) in [5.74, 6) is 0. The van der Waals surface area contributed by atoms with Crippen LogP contribution in [0.3, 0.4) is 0 Å². The van der Waals surface area contributed by atoms with Gasteiger partial charge in [-0.1, -0.05) is 54.1 Å². The first kappa shape index (κ1) is 15.5. The fourth-order valence-electron chi connectivity index (χ4n) is 2.81. The average Bonchev–Trinajstić information content (AvgIpc) is 2.87. The van der Waals surface area contributed by atoms with Crippen molar-refractivity contribution in [2.75, 3.05) is 13.1 Å². The second-order valence-electron chi connectivity index (χ2n) is 5.82. The second kappa shape index (κ2) is 7.25. The number of nitrogens with two attached hydrogens (primary N) is 1. The van der Waals surface area contributed by atoms with Crippen molar-refractivity contribution in [2.24, 2.45) is 5.73 Å². The molecule has 2 aromatic carbocycles. The molecule has 0 aliphatic carbocycles. The van der Waals surface area contributed by atoms with E-state index in [-0.39, 0.29) is 12.1 Å². The van der Waals surface area contributed by atoms with Gasteiger partial charge in [-0.15, -0.1) is 0 Å². The summed E-state index contributed by atoms with van der Waals surface area (Å²) >= 11 is 5.89. The number of ether oxygens (including phenoxy) is 1. The molecule has 0 bridgehead atoms. The van der Waals surface area contributed by atoms with E-state index in [1.54, 1.807) is 0 Å². The van der Waals surface area contributed by atoms with Crippen LogP contribution in [0.15, 0.2) is 54.6 Å². The van der Waals surface area contributed by atoms with Gasteiger partial charge >= 0.3 is 0 Å². The molecule has 0 amide bonds. The third kappa shape index (κ3) is 4.08. The maximum absolute atomic E-state index is 6.22. The molecule has 1 fully saturated rings. The number of rotatable bonds is 5. The van der Waals surface area contributed by atoms with Gasteiger partial charge in [0.1, 0.15) is 0 Å². The molecule has 0 radical (unpaired) electrons. The summed E-state index contributed by atoms with van der Waals surface area (Å²) in [6, 6.07) is 18.3. The molecule has 1 saturated heterocycles. The first-order valence-electron chi connectivity index (χ1n) is 7.58. The molecule has 4 heteroatoms. The van der Waals surface area contributed by atoms with Crippen LogP contribution in [0.25, 0.3) is 0 Å². The smallest absolute Gasteiger partial charge is 0.0869 e. The van der Waals surface area contributed by atoms with Crippen molar-refractivity contribution in [3.05, 3.63) is 70.7 Å². The van der Waals surface area contributed by atoms with Gasteiger partial charge in [0.25, 0.3) is 0 Å². The quantitative estimate of drug-likeness (QED) is 0.921. The van der Waals surface area contributed by atoms with Crippen molar-refractivity contribution < 1.29 is 4.74 Å². The van der Waals surface area contributed by atoms with E-state index in [1.165, 1.54) is 5.56 Å². The molecule has 1 heterocycles. The molecule has 0 aromatic heterocycles. The standard InChI is InChI=1S/C18H21ClN2O/c19-16-8-6-15(7-9-16)13-22-18-12-21(11-17(18)20)10-14-4-2-1-3-5-14/h1-9,17-18H,10-13,20H2/t17-,18?/m1/s1. The summed E-state index contributed by atoms with van der Waals surface area (Å²) < 4.78 is 6.00. The first-order valence-corrected chi connectivity index (χ1v) is 7.96. The summed E-state index contributed by atoms with van der Waals surface area (Å²) in [4.78, 5) is 2.35. The van der Waals surface area contributed by atoms with Crippen molar-refractivity contribution in [3.8, 4) is 0 Å². The maximum Gasteiger partial charge on any atom is 0.0869 e. The van der Waals surface area contributed by atoms with Crippen LogP contribution in [0.2, 0.25) is 5.02 Å². The fourth-order valence-corrected chi connectivity index (χ4v) is 2.94. The monoisotopic (exact) mass is 316 g/mol. The third-order valence-corrected chi connectivity index (χ3v) is 4.26. The molecule has 116 valence electrons. The number of benzene rings is 2. The number of hydrogen-bond acceptors (Lipinski definition) is 3. The summed E-state index contributed by atoms with van der Waals surface area (Å²) in [7, 11) is 0. The summed E-state index contributed by atoms with van der Waals surface area (Å²) in [6.45, 7) is 3.26. The van der Waals surface area contributed by atoms with Crippen LogP contribution in [-0.4, -0.2) is 30.1 Å². The zero-order valence-electron chi connectivity index (χ0n) is 12.5. The van der Waals surface area contributed by atoms with E-state index in [2.05, 4.69) is 29.2 Å². The van der Waals surface area contributed by atoms with Gasteiger partial charge in [-0.05, 0) is 23.3 Å². The van der Waals surface area contributed by atoms with E-state index in [4.69, 9.17) is 22.1 Å². The number of likely N-dealkylation sites (tertiary alicyclic amines) is 1. The van der Waals surface area contributed by atoms with Gasteiger partial charge in [-0.3, -0.25) is 4.90 Å². The van der Waals surface area contributed by atoms with Gasteiger partial charge < -0.3 is 10.5 Å². The average molecular weight is 317 g/mol. The molecule has 22 heavy (non-hydrogen) atoms. The minimum atomic E-state index is 0.0658. The highest BCUT2D eigenvalue weighted by Gasteiger charge is 2.30. The van der Waals surface area contributed by atoms with E-state index < -0.39 is 0 Å². The van der Waals surface area contributed by atoms with Crippen molar-refractivity contribution in [1.29, 1.82) is 0 Å². The van der Waals surface area contributed by atoms with Gasteiger partial charge in [-0.2, -0.15) is 0 Å². The Morgan fingerprint density at radius 1 is 1.00 bits per heavy atom. The number of hydrogen-bond donors (Lipinski definition) is 1. The largest absolute Gasteiger partial charge is 0.371 e. The lowest BCUT2D eigenvalue weighted by molar-refractivity contribution is 0.0382. The molecular weight excluding hydrogens is 296 g/mol. The minimum Gasteiger partial charge on any atom is -0.371 e. The van der Waals surface area contributed by atoms with Crippen LogP contribution in [0.4, 0.5) is 0 Å². The van der Waals surface area contributed by atoms with Crippen LogP contribution in [0, 0.1) is 0 Å². The van der Waals surface area contributed by atoms with E-state index in [0.717, 1.165) is 30.2 Å². The Hall–Kier alpha value is -1.39. The molecule has 0 saturated carbocycles. The predicted molar refractivity (Wildman–Crippen MR) is 89.7 cm³/mol. The highest BCUT2D eigenvalue weighted by atomic mass is 35.5. The molecule has 1 aliphatic rings. The van der Waals surface area contributed by atoms with Crippen molar-refractivity contribution in [2.45, 2.75) is 25.3 Å². The van der Waals surface area contributed by atoms with Crippen molar-refractivity contribution >= 4 is 11.6 Å². The van der Waals surface area contributed by atoms with E-state index in [0.29, 0.717) is 6.61 Å². The van der Waals surface area contributed by atoms with Crippen LogP contribution >= 0.6 is 11.6 Å². The summed E-state index contributed by atoms with van der Waals surface area (Å²) in [5.41, 5.74) is 8.66. The van der Waals surface area contributed by atoms with Gasteiger partial charge in [0.2, 0.25) is 0 Å². The zero-order chi connectivity index (χ0) is 15.4. The summed E-state index contributed by atoms with van der Waals surface area (Å²) in [6.07, 6.45) is 0.0828. The number of halogens is 1. The normalized spacial score (nSPS) is 22.1. The lowest BCUT2D eigenvalue weighted by Crippen LogP contribution is -2.35. The molecule has 2 N–H and O–H groups in total. The Bertz CT molecular complexity index is 588. The lowest BCUT2D eigenvalue weighted by Gasteiger charge is -2.16. The third-order valence-electron chi connectivity index (χ3n) is 4.01. The van der Waals surface area contributed by atoms with Gasteiger partial charge in [0.15, 0.2) is 0 Å². The van der Waals surface area contributed by atoms with Crippen LogP contribution in [0.5, 0.6) is 0 Å². The molecular formula is C18H21ClN2O. The van der Waals surface area contributed by atoms with Crippen LogP contribution in [-0.2, 0) is 17.9 Å². The second-order valence-corrected chi connectivity index (χ2v) is 6.26. The topological polar surface area (TPSA) is 38.5 Å². The van der Waals surface area contributed by atoms with Gasteiger partial charge in [0.05, 0.1) is 12.7 Å². The predicted octanol–water partition coefficient (Wildman–Crippen LogP) is 3.07. The van der Waals surface area contributed by atoms with Crippen LogP contribution in [0.1, 0.15) is 11.1 Å². The Kier molecular flexibility index (Phi) is 5.11. The molecule has 2 atom stereocenters. The Balaban J connectivity index is 1.51. The maximum atomic E-state index is 6.22.